The maximum Gasteiger partial charge on any atom is 0.294 e. The van der Waals surface area contributed by atoms with Crippen LogP contribution in [0.4, 0.5) is 0 Å². The zero-order chi connectivity index (χ0) is 19.8. The lowest BCUT2D eigenvalue weighted by atomic mass is 10.1. The van der Waals surface area contributed by atoms with Crippen molar-refractivity contribution in [3.05, 3.63) is 52.9 Å². The number of hydrazine groups is 1. The minimum atomic E-state index is -0.413. The summed E-state index contributed by atoms with van der Waals surface area (Å²) in [5.74, 6) is -1.04. The number of imide groups is 1. The molecule has 0 unspecified atom stereocenters. The summed E-state index contributed by atoms with van der Waals surface area (Å²) in [6.07, 6.45) is 0.578. The summed E-state index contributed by atoms with van der Waals surface area (Å²) in [4.78, 5) is 51.1. The Balaban J connectivity index is 1.42. The van der Waals surface area contributed by atoms with Gasteiger partial charge >= 0.3 is 0 Å². The van der Waals surface area contributed by atoms with Crippen LogP contribution in [0.1, 0.15) is 49.8 Å². The summed E-state index contributed by atoms with van der Waals surface area (Å²) < 4.78 is 4.93. The third kappa shape index (κ3) is 2.94. The van der Waals surface area contributed by atoms with Crippen molar-refractivity contribution in [2.24, 2.45) is 0 Å². The Hall–Kier alpha value is -3.49. The van der Waals surface area contributed by atoms with Crippen LogP contribution in [-0.2, 0) is 4.79 Å². The van der Waals surface area contributed by atoms with Crippen molar-refractivity contribution >= 4 is 23.6 Å². The van der Waals surface area contributed by atoms with E-state index < -0.39 is 17.7 Å². The quantitative estimate of drug-likeness (QED) is 0.738. The number of rotatable bonds is 4. The first kappa shape index (κ1) is 17.9. The summed E-state index contributed by atoms with van der Waals surface area (Å²) in [7, 11) is 0. The topological polar surface area (TPSA) is 104 Å². The molecule has 144 valence electrons. The smallest absolute Gasteiger partial charge is 0.294 e. The average Bonchev–Trinajstić information content (AvgIpc) is 3.40. The summed E-state index contributed by atoms with van der Waals surface area (Å²) >= 11 is 0. The van der Waals surface area contributed by atoms with E-state index in [9.17, 15) is 19.2 Å². The highest BCUT2D eigenvalue weighted by Gasteiger charge is 2.37. The molecule has 1 fully saturated rings. The molecule has 0 bridgehead atoms. The molecule has 4 rings (SSSR count). The van der Waals surface area contributed by atoms with E-state index in [1.165, 1.54) is 16.1 Å². The Morgan fingerprint density at radius 1 is 1.07 bits per heavy atom. The van der Waals surface area contributed by atoms with Crippen molar-refractivity contribution < 1.29 is 23.7 Å². The van der Waals surface area contributed by atoms with Gasteiger partial charge in [0, 0.05) is 32.1 Å². The van der Waals surface area contributed by atoms with Gasteiger partial charge in [0.25, 0.3) is 17.7 Å². The molecular formula is C19H18N4O5. The van der Waals surface area contributed by atoms with Crippen LogP contribution in [0, 0.1) is 6.92 Å². The second-order valence-electron chi connectivity index (χ2n) is 6.68. The number of hydrogen-bond donors (Lipinski definition) is 0. The average molecular weight is 382 g/mol. The molecule has 0 spiro atoms. The highest BCUT2D eigenvalue weighted by atomic mass is 16.5. The van der Waals surface area contributed by atoms with E-state index in [2.05, 4.69) is 5.16 Å². The lowest BCUT2D eigenvalue weighted by Crippen LogP contribution is -2.46. The van der Waals surface area contributed by atoms with Crippen LogP contribution in [-0.4, -0.2) is 63.3 Å². The number of carbonyl (C=O) groups is 4. The van der Waals surface area contributed by atoms with Crippen LogP contribution < -0.4 is 0 Å². The van der Waals surface area contributed by atoms with Crippen molar-refractivity contribution in [2.75, 3.05) is 19.6 Å². The predicted molar refractivity (Wildman–Crippen MR) is 95.0 cm³/mol. The molecule has 0 atom stereocenters. The van der Waals surface area contributed by atoms with Crippen LogP contribution >= 0.6 is 0 Å². The predicted octanol–water partition coefficient (Wildman–Crippen LogP) is 1.26. The van der Waals surface area contributed by atoms with Gasteiger partial charge in [-0.25, -0.2) is 5.01 Å². The molecule has 9 heteroatoms. The van der Waals surface area contributed by atoms with Gasteiger partial charge in [-0.15, -0.1) is 0 Å². The van der Waals surface area contributed by atoms with E-state index in [4.69, 9.17) is 4.52 Å². The highest BCUT2D eigenvalue weighted by molar-refractivity contribution is 6.21. The Labute approximate surface area is 160 Å². The fraction of sp³-hybridized carbons (Fsp3) is 0.316. The maximum absolute atomic E-state index is 12.7. The lowest BCUT2D eigenvalue weighted by molar-refractivity contribution is -0.140. The number of nitrogens with zero attached hydrogens (tertiary/aromatic N) is 4. The molecule has 0 radical (unpaired) electrons. The van der Waals surface area contributed by atoms with Crippen LogP contribution in [0.25, 0.3) is 0 Å². The molecule has 2 aliphatic rings. The maximum atomic E-state index is 12.7. The van der Waals surface area contributed by atoms with Crippen LogP contribution in [0.2, 0.25) is 0 Å². The molecule has 0 aliphatic carbocycles. The second-order valence-corrected chi connectivity index (χ2v) is 6.68. The summed E-state index contributed by atoms with van der Waals surface area (Å²) in [6, 6.07) is 8.09. The van der Waals surface area contributed by atoms with Gasteiger partial charge in [0.15, 0.2) is 5.69 Å². The molecule has 2 aromatic rings. The molecule has 1 aromatic heterocycles. The number of benzene rings is 1. The highest BCUT2D eigenvalue weighted by Crippen LogP contribution is 2.23. The number of hydrogen-bond acceptors (Lipinski definition) is 6. The van der Waals surface area contributed by atoms with Crippen LogP contribution in [0.5, 0.6) is 0 Å². The van der Waals surface area contributed by atoms with Gasteiger partial charge in [0.05, 0.1) is 11.1 Å². The molecule has 28 heavy (non-hydrogen) atoms. The Morgan fingerprint density at radius 3 is 2.32 bits per heavy atom. The first-order chi connectivity index (χ1) is 13.5. The van der Waals surface area contributed by atoms with Crippen LogP contribution in [0.15, 0.2) is 34.9 Å². The van der Waals surface area contributed by atoms with Crippen molar-refractivity contribution in [3.63, 3.8) is 0 Å². The summed E-state index contributed by atoms with van der Waals surface area (Å²) in [5.41, 5.74) is 0.830. The van der Waals surface area contributed by atoms with Crippen molar-refractivity contribution in [1.29, 1.82) is 0 Å². The third-order valence-electron chi connectivity index (χ3n) is 4.83. The first-order valence-corrected chi connectivity index (χ1v) is 8.98. The van der Waals surface area contributed by atoms with E-state index in [0.717, 1.165) is 4.90 Å². The lowest BCUT2D eigenvalue weighted by Gasteiger charge is -2.27. The van der Waals surface area contributed by atoms with Crippen LogP contribution in [0.3, 0.4) is 0 Å². The van der Waals surface area contributed by atoms with Gasteiger partial charge in [0.2, 0.25) is 5.91 Å². The van der Waals surface area contributed by atoms with Gasteiger partial charge in [-0.05, 0) is 25.5 Å². The molecule has 1 aromatic carbocycles. The van der Waals surface area contributed by atoms with Gasteiger partial charge < -0.3 is 4.52 Å². The number of amides is 4. The fourth-order valence-electron chi connectivity index (χ4n) is 3.46. The monoisotopic (exact) mass is 382 g/mol. The SMILES string of the molecule is Cc1cc(C(=O)N2CCCN2C(=O)CCN2C(=O)c3ccccc3C2=O)no1. The molecule has 9 nitrogen and oxygen atoms in total. The minimum Gasteiger partial charge on any atom is -0.361 e. The molecule has 2 aliphatic heterocycles. The largest absolute Gasteiger partial charge is 0.361 e. The molecule has 0 N–H and O–H groups in total. The van der Waals surface area contributed by atoms with Crippen molar-refractivity contribution in [1.82, 2.24) is 20.1 Å². The Morgan fingerprint density at radius 2 is 1.71 bits per heavy atom. The third-order valence-corrected chi connectivity index (χ3v) is 4.83. The standard InChI is InChI=1S/C19H18N4O5/c1-12-11-15(20-28-12)19(27)23-9-4-8-22(23)16(24)7-10-21-17(25)13-5-2-3-6-14(13)18(21)26/h2-3,5-6,11H,4,7-10H2,1H3. The van der Waals surface area contributed by atoms with E-state index in [0.29, 0.717) is 36.4 Å². The minimum absolute atomic E-state index is 0.0349. The van der Waals surface area contributed by atoms with E-state index in [1.807, 2.05) is 0 Å². The molecule has 4 amide bonds. The second kappa shape index (κ2) is 6.91. The van der Waals surface area contributed by atoms with E-state index in [-0.39, 0.29) is 24.6 Å². The summed E-state index contributed by atoms with van der Waals surface area (Å²) in [5, 5.41) is 6.39. The zero-order valence-corrected chi connectivity index (χ0v) is 15.3. The van der Waals surface area contributed by atoms with E-state index in [1.54, 1.807) is 31.2 Å². The van der Waals surface area contributed by atoms with E-state index >= 15 is 0 Å². The number of carbonyl (C=O) groups excluding carboxylic acids is 4. The van der Waals surface area contributed by atoms with Gasteiger partial charge in [-0.3, -0.25) is 29.1 Å². The number of aromatic nitrogens is 1. The Kier molecular flexibility index (Phi) is 4.42. The number of fused-ring (bicyclic) bond motifs is 1. The fourth-order valence-corrected chi connectivity index (χ4v) is 3.46. The molecule has 0 saturated carbocycles. The normalized spacial score (nSPS) is 16.1. The van der Waals surface area contributed by atoms with Gasteiger partial charge in [-0.1, -0.05) is 17.3 Å². The first-order valence-electron chi connectivity index (χ1n) is 8.98. The molecule has 1 saturated heterocycles. The zero-order valence-electron chi connectivity index (χ0n) is 15.3. The summed E-state index contributed by atoms with van der Waals surface area (Å²) in [6.45, 7) is 2.43. The van der Waals surface area contributed by atoms with Gasteiger partial charge in [-0.2, -0.15) is 0 Å². The van der Waals surface area contributed by atoms with Crippen molar-refractivity contribution in [3.8, 4) is 0 Å². The van der Waals surface area contributed by atoms with Crippen molar-refractivity contribution in [2.45, 2.75) is 19.8 Å². The Bertz CT molecular complexity index is 947. The van der Waals surface area contributed by atoms with Gasteiger partial charge in [0.1, 0.15) is 5.76 Å². The number of aryl methyl sites for hydroxylation is 1. The molecule has 3 heterocycles. The molecular weight excluding hydrogens is 364 g/mol.